The number of aryl methyl sites for hydroxylation is 2. The molecule has 2 N–H and O–H groups in total. The normalized spacial score (nSPS) is 15.7. The van der Waals surface area contributed by atoms with Gasteiger partial charge in [0.25, 0.3) is 0 Å². The van der Waals surface area contributed by atoms with Crippen LogP contribution in [0.3, 0.4) is 0 Å². The lowest BCUT2D eigenvalue weighted by molar-refractivity contribution is -0.115. The molecular weight excluding hydrogens is 392 g/mol. The van der Waals surface area contributed by atoms with Gasteiger partial charge in [0.05, 0.1) is 29.8 Å². The molecule has 1 aliphatic heterocycles. The van der Waals surface area contributed by atoms with Crippen LogP contribution in [0, 0.1) is 13.8 Å². The molecule has 29 heavy (non-hydrogen) atoms. The van der Waals surface area contributed by atoms with Crippen molar-refractivity contribution < 1.29 is 22.7 Å². The van der Waals surface area contributed by atoms with Crippen LogP contribution in [0.4, 0.5) is 11.4 Å². The third-order valence-corrected chi connectivity index (χ3v) is 7.20. The van der Waals surface area contributed by atoms with Gasteiger partial charge in [-0.15, -0.1) is 0 Å². The summed E-state index contributed by atoms with van der Waals surface area (Å²) < 4.78 is 31.2. The van der Waals surface area contributed by atoms with Gasteiger partial charge in [0.15, 0.2) is 0 Å². The Kier molecular flexibility index (Phi) is 4.74. The van der Waals surface area contributed by atoms with Crippen LogP contribution < -0.4 is 9.62 Å². The zero-order chi connectivity index (χ0) is 20.8. The topological polar surface area (TPSA) is 99.9 Å². The number of hydrogen-bond donors (Lipinski definition) is 2. The third kappa shape index (κ3) is 3.55. The van der Waals surface area contributed by atoms with Crippen molar-refractivity contribution in [3.8, 4) is 5.75 Å². The van der Waals surface area contributed by atoms with Crippen molar-refractivity contribution in [2.45, 2.75) is 26.7 Å². The van der Waals surface area contributed by atoms with Gasteiger partial charge in [-0.05, 0) is 49.6 Å². The van der Waals surface area contributed by atoms with Crippen LogP contribution in [-0.2, 0) is 21.2 Å². The summed E-state index contributed by atoms with van der Waals surface area (Å²) >= 11 is 0. The van der Waals surface area contributed by atoms with Gasteiger partial charge in [-0.1, -0.05) is 12.1 Å². The molecule has 0 saturated carbocycles. The number of benzene rings is 2. The second kappa shape index (κ2) is 7.11. The molecule has 1 amide bonds. The van der Waals surface area contributed by atoms with E-state index >= 15 is 0 Å². The number of nitrogens with zero attached hydrogens (tertiary/aromatic N) is 1. The fourth-order valence-corrected chi connectivity index (χ4v) is 5.16. The first-order valence-electron chi connectivity index (χ1n) is 9.36. The molecule has 0 unspecified atom stereocenters. The van der Waals surface area contributed by atoms with Crippen molar-refractivity contribution in [3.63, 3.8) is 0 Å². The van der Waals surface area contributed by atoms with Gasteiger partial charge in [0.2, 0.25) is 15.9 Å². The Morgan fingerprint density at radius 3 is 2.76 bits per heavy atom. The molecule has 2 heterocycles. The summed E-state index contributed by atoms with van der Waals surface area (Å²) in [5, 5.41) is 13.7. The summed E-state index contributed by atoms with van der Waals surface area (Å²) in [6, 6.07) is 8.32. The van der Waals surface area contributed by atoms with E-state index < -0.39 is 10.0 Å². The first kappa shape index (κ1) is 19.3. The van der Waals surface area contributed by atoms with Crippen LogP contribution in [-0.4, -0.2) is 31.7 Å². The highest BCUT2D eigenvalue weighted by Crippen LogP contribution is 2.32. The molecule has 8 heteroatoms. The molecule has 1 fully saturated rings. The Labute approximate surface area is 169 Å². The molecule has 4 rings (SSSR count). The van der Waals surface area contributed by atoms with E-state index in [1.807, 2.05) is 26.0 Å². The van der Waals surface area contributed by atoms with Gasteiger partial charge in [-0.3, -0.25) is 9.10 Å². The number of carbonyl (C=O) groups is 1. The zero-order valence-corrected chi connectivity index (χ0v) is 17.0. The van der Waals surface area contributed by atoms with Gasteiger partial charge in [-0.25, -0.2) is 8.42 Å². The number of anilines is 2. The number of phenols is 1. The van der Waals surface area contributed by atoms with Crippen molar-refractivity contribution in [3.05, 3.63) is 53.3 Å². The quantitative estimate of drug-likeness (QED) is 0.637. The van der Waals surface area contributed by atoms with Crippen LogP contribution in [0.2, 0.25) is 0 Å². The highest BCUT2D eigenvalue weighted by atomic mass is 32.2. The van der Waals surface area contributed by atoms with Crippen LogP contribution in [0.1, 0.15) is 23.1 Å². The number of rotatable bonds is 4. The minimum atomic E-state index is -3.34. The van der Waals surface area contributed by atoms with Gasteiger partial charge < -0.3 is 14.8 Å². The highest BCUT2D eigenvalue weighted by Gasteiger charge is 2.29. The number of aromatic hydroxyl groups is 1. The van der Waals surface area contributed by atoms with Crippen LogP contribution >= 0.6 is 0 Å². The monoisotopic (exact) mass is 414 g/mol. The van der Waals surface area contributed by atoms with E-state index in [1.54, 1.807) is 6.26 Å². The molecule has 152 valence electrons. The molecule has 1 aliphatic rings. The Hall–Kier alpha value is -3.00. The number of sulfonamides is 1. The lowest BCUT2D eigenvalue weighted by atomic mass is 10.0. The van der Waals surface area contributed by atoms with Crippen LogP contribution in [0.5, 0.6) is 5.75 Å². The highest BCUT2D eigenvalue weighted by molar-refractivity contribution is 7.93. The van der Waals surface area contributed by atoms with Gasteiger partial charge in [0, 0.05) is 17.5 Å². The average Bonchev–Trinajstić information content (AvgIpc) is 3.23. The molecule has 1 aromatic heterocycles. The molecule has 2 aromatic carbocycles. The number of hydrogen-bond acceptors (Lipinski definition) is 5. The summed E-state index contributed by atoms with van der Waals surface area (Å²) in [5.74, 6) is -0.355. The first-order chi connectivity index (χ1) is 13.8. The Bertz CT molecular complexity index is 1210. The molecule has 3 aromatic rings. The average molecular weight is 414 g/mol. The molecular formula is C21H22N2O5S. The van der Waals surface area contributed by atoms with Crippen LogP contribution in [0.15, 0.2) is 41.0 Å². The fourth-order valence-electron chi connectivity index (χ4n) is 3.60. The summed E-state index contributed by atoms with van der Waals surface area (Å²) in [7, 11) is -3.34. The molecule has 0 bridgehead atoms. The number of nitrogens with one attached hydrogen (secondary N) is 1. The first-order valence-corrected chi connectivity index (χ1v) is 11.0. The minimum Gasteiger partial charge on any atom is -0.506 e. The van der Waals surface area contributed by atoms with Gasteiger partial charge in [-0.2, -0.15) is 0 Å². The molecule has 0 radical (unpaired) electrons. The number of carbonyl (C=O) groups excluding carboxylic acids is 1. The summed E-state index contributed by atoms with van der Waals surface area (Å²) in [6.07, 6.45) is 2.20. The van der Waals surface area contributed by atoms with Crippen molar-refractivity contribution in [1.82, 2.24) is 0 Å². The van der Waals surface area contributed by atoms with E-state index in [-0.39, 0.29) is 29.5 Å². The van der Waals surface area contributed by atoms with E-state index in [2.05, 4.69) is 5.32 Å². The molecule has 1 saturated heterocycles. The summed E-state index contributed by atoms with van der Waals surface area (Å²) in [4.78, 5) is 12.6. The maximum absolute atomic E-state index is 12.6. The molecule has 0 atom stereocenters. The Morgan fingerprint density at radius 1 is 1.24 bits per heavy atom. The predicted molar refractivity (Wildman–Crippen MR) is 112 cm³/mol. The second-order valence-corrected chi connectivity index (χ2v) is 9.33. The lowest BCUT2D eigenvalue weighted by Crippen LogP contribution is -2.25. The maximum atomic E-state index is 12.6. The Balaban J connectivity index is 1.56. The fraction of sp³-hybridized carbons (Fsp3) is 0.286. The van der Waals surface area contributed by atoms with Crippen molar-refractivity contribution in [1.29, 1.82) is 0 Å². The third-order valence-electron chi connectivity index (χ3n) is 5.33. The number of phenolic OH excluding ortho intramolecular Hbond substituents is 1. The van der Waals surface area contributed by atoms with Gasteiger partial charge >= 0.3 is 0 Å². The van der Waals surface area contributed by atoms with Crippen LogP contribution in [0.25, 0.3) is 11.0 Å². The largest absolute Gasteiger partial charge is 0.506 e. The molecule has 7 nitrogen and oxygen atoms in total. The number of fused-ring (bicyclic) bond motifs is 1. The number of furan rings is 1. The van der Waals surface area contributed by atoms with Gasteiger partial charge in [0.1, 0.15) is 11.3 Å². The summed E-state index contributed by atoms with van der Waals surface area (Å²) in [6.45, 7) is 4.36. The SMILES string of the molecule is Cc1ccc2c(CC(=O)Nc3cc(N4CCCS4(=O)=O)ccc3O)coc2c1C. The summed E-state index contributed by atoms with van der Waals surface area (Å²) in [5.41, 5.74) is 4.26. The molecule has 0 spiro atoms. The van der Waals surface area contributed by atoms with E-state index in [0.717, 1.165) is 27.7 Å². The van der Waals surface area contributed by atoms with E-state index in [0.29, 0.717) is 18.7 Å². The van der Waals surface area contributed by atoms with E-state index in [4.69, 9.17) is 4.42 Å². The maximum Gasteiger partial charge on any atom is 0.235 e. The Morgan fingerprint density at radius 2 is 2.03 bits per heavy atom. The number of amides is 1. The van der Waals surface area contributed by atoms with Crippen molar-refractivity contribution in [2.24, 2.45) is 0 Å². The smallest absolute Gasteiger partial charge is 0.235 e. The zero-order valence-electron chi connectivity index (χ0n) is 16.2. The minimum absolute atomic E-state index is 0.0706. The molecule has 0 aliphatic carbocycles. The lowest BCUT2D eigenvalue weighted by Gasteiger charge is -2.18. The predicted octanol–water partition coefficient (Wildman–Crippen LogP) is 3.48. The second-order valence-electron chi connectivity index (χ2n) is 7.31. The van der Waals surface area contributed by atoms with E-state index in [9.17, 15) is 18.3 Å². The van der Waals surface area contributed by atoms with E-state index in [1.165, 1.54) is 22.5 Å². The standard InChI is InChI=1S/C21H22N2O5S/c1-13-4-6-17-15(12-28-21(17)14(13)2)10-20(25)22-18-11-16(5-7-19(18)24)23-8-3-9-29(23,26)27/h4-7,11-12,24H,3,8-10H2,1-2H3,(H,22,25). The van der Waals surface area contributed by atoms with Crippen molar-refractivity contribution in [2.75, 3.05) is 21.9 Å². The van der Waals surface area contributed by atoms with Crippen molar-refractivity contribution >= 4 is 38.3 Å².